The molecular formula is C42H60F8O6. The third-order valence-corrected chi connectivity index (χ3v) is 14.6. The molecule has 0 bridgehead atoms. The van der Waals surface area contributed by atoms with Gasteiger partial charge in [-0.25, -0.2) is 35.1 Å². The predicted molar refractivity (Wildman–Crippen MR) is 191 cm³/mol. The van der Waals surface area contributed by atoms with Gasteiger partial charge < -0.3 is 14.2 Å². The molecule has 0 aromatic heterocycles. The van der Waals surface area contributed by atoms with Crippen LogP contribution in [0.2, 0.25) is 0 Å². The van der Waals surface area contributed by atoms with Crippen LogP contribution in [0.4, 0.5) is 35.1 Å². The molecule has 6 nitrogen and oxygen atoms in total. The summed E-state index contributed by atoms with van der Waals surface area (Å²) in [6.07, 6.45) is -12.8. The molecule has 10 atom stereocenters. The monoisotopic (exact) mass is 812 g/mol. The van der Waals surface area contributed by atoms with E-state index in [-0.39, 0.29) is 73.8 Å². The van der Waals surface area contributed by atoms with Gasteiger partial charge in [0.25, 0.3) is 0 Å². The number of hydrogen-bond donors (Lipinski definition) is 0. The highest BCUT2D eigenvalue weighted by molar-refractivity contribution is 5.86. The Morgan fingerprint density at radius 1 is 0.375 bits per heavy atom. The van der Waals surface area contributed by atoms with Crippen molar-refractivity contribution in [1.29, 1.82) is 0 Å². The Labute approximate surface area is 325 Å². The standard InChI is InChI=1S/C42H60F8O6/c1-19-32(43)36(47)30(37(48)33(19)44)41(52)22-6-12-26(13-7-22)55-28-16-24(40(51)21-4-10-25(54-3)11-5-21)17-29(18-28)56-27-14-8-23(9-15-27)42(53)31-38(49)34(45)20(2)35(46)39(31)50/h19-39H,4-18H2,1-3H3. The zero-order valence-corrected chi connectivity index (χ0v) is 32.7. The molecule has 6 aliphatic rings. The first-order chi connectivity index (χ1) is 26.6. The third-order valence-electron chi connectivity index (χ3n) is 14.6. The Morgan fingerprint density at radius 3 is 1.00 bits per heavy atom. The lowest BCUT2D eigenvalue weighted by atomic mass is 9.70. The first-order valence-corrected chi connectivity index (χ1v) is 21.2. The Bertz CT molecular complexity index is 1220. The van der Waals surface area contributed by atoms with Gasteiger partial charge in [-0.2, -0.15) is 0 Å². The van der Waals surface area contributed by atoms with Crippen molar-refractivity contribution in [2.45, 2.75) is 190 Å². The van der Waals surface area contributed by atoms with Gasteiger partial charge in [0.2, 0.25) is 0 Å². The van der Waals surface area contributed by atoms with Crippen LogP contribution >= 0.6 is 0 Å². The molecular weight excluding hydrogens is 752 g/mol. The zero-order chi connectivity index (χ0) is 40.6. The fraction of sp³-hybridized carbons (Fsp3) is 0.929. The lowest BCUT2D eigenvalue weighted by Crippen LogP contribution is -2.55. The second kappa shape index (κ2) is 18.7. The quantitative estimate of drug-likeness (QED) is 0.194. The molecule has 14 heteroatoms. The Kier molecular flexibility index (Phi) is 14.7. The molecule has 0 aromatic rings. The Balaban J connectivity index is 1.05. The maximum absolute atomic E-state index is 14.8. The zero-order valence-electron chi connectivity index (χ0n) is 32.7. The summed E-state index contributed by atoms with van der Waals surface area (Å²) in [6, 6.07) is 0. The molecule has 320 valence electrons. The van der Waals surface area contributed by atoms with Gasteiger partial charge in [0.1, 0.15) is 66.7 Å². The number of hydrogen-bond acceptors (Lipinski definition) is 6. The van der Waals surface area contributed by atoms with Gasteiger partial charge in [0, 0.05) is 42.6 Å². The summed E-state index contributed by atoms with van der Waals surface area (Å²) in [7, 11) is 1.67. The van der Waals surface area contributed by atoms with Crippen LogP contribution in [0.15, 0.2) is 0 Å². The molecule has 0 N–H and O–H groups in total. The minimum atomic E-state index is -2.40. The summed E-state index contributed by atoms with van der Waals surface area (Å²) in [5, 5.41) is 0. The van der Waals surface area contributed by atoms with Crippen LogP contribution in [0.25, 0.3) is 0 Å². The number of Topliss-reactive ketones (excluding diaryl/α,β-unsaturated/α-hetero) is 3. The Morgan fingerprint density at radius 2 is 0.679 bits per heavy atom. The number of rotatable bonds is 11. The second-order valence-corrected chi connectivity index (χ2v) is 18.1. The lowest BCUT2D eigenvalue weighted by Gasteiger charge is -2.42. The van der Waals surface area contributed by atoms with Crippen molar-refractivity contribution in [2.75, 3.05) is 7.11 Å². The van der Waals surface area contributed by atoms with E-state index < -0.39 is 96.4 Å². The summed E-state index contributed by atoms with van der Waals surface area (Å²) >= 11 is 0. The summed E-state index contributed by atoms with van der Waals surface area (Å²) in [5.41, 5.74) is 0. The first kappa shape index (κ1) is 43.9. The number of methoxy groups -OCH3 is 1. The summed E-state index contributed by atoms with van der Waals surface area (Å²) in [6.45, 7) is 2.21. The van der Waals surface area contributed by atoms with E-state index in [2.05, 4.69) is 0 Å². The van der Waals surface area contributed by atoms with E-state index in [9.17, 15) is 49.5 Å². The summed E-state index contributed by atoms with van der Waals surface area (Å²) in [4.78, 5) is 40.4. The highest BCUT2D eigenvalue weighted by Crippen LogP contribution is 2.44. The van der Waals surface area contributed by atoms with Gasteiger partial charge in [-0.1, -0.05) is 13.8 Å². The smallest absolute Gasteiger partial charge is 0.145 e. The largest absolute Gasteiger partial charge is 0.381 e. The van der Waals surface area contributed by atoms with E-state index in [1.165, 1.54) is 0 Å². The summed E-state index contributed by atoms with van der Waals surface area (Å²) < 4.78 is 136. The van der Waals surface area contributed by atoms with Crippen molar-refractivity contribution >= 4 is 17.3 Å². The molecule has 10 unspecified atom stereocenters. The maximum Gasteiger partial charge on any atom is 0.145 e. The van der Waals surface area contributed by atoms with Crippen molar-refractivity contribution in [3.63, 3.8) is 0 Å². The van der Waals surface area contributed by atoms with Gasteiger partial charge in [0.05, 0.1) is 42.4 Å². The molecule has 0 spiro atoms. The van der Waals surface area contributed by atoms with E-state index >= 15 is 0 Å². The fourth-order valence-corrected chi connectivity index (χ4v) is 10.9. The van der Waals surface area contributed by atoms with E-state index in [0.717, 1.165) is 39.5 Å². The van der Waals surface area contributed by atoms with Crippen LogP contribution in [0, 0.1) is 47.3 Å². The molecule has 6 rings (SSSR count). The van der Waals surface area contributed by atoms with Crippen molar-refractivity contribution in [3.8, 4) is 0 Å². The van der Waals surface area contributed by atoms with Crippen LogP contribution in [0.3, 0.4) is 0 Å². The molecule has 0 saturated heterocycles. The van der Waals surface area contributed by atoms with E-state index in [1.54, 1.807) is 7.11 Å². The van der Waals surface area contributed by atoms with Crippen LogP contribution in [0.1, 0.15) is 110 Å². The average molecular weight is 813 g/mol. The number of halogens is 8. The number of carbonyl (C=O) groups is 3. The highest BCUT2D eigenvalue weighted by atomic mass is 19.2. The molecule has 0 aromatic carbocycles. The van der Waals surface area contributed by atoms with Gasteiger partial charge in [0.15, 0.2) is 0 Å². The van der Waals surface area contributed by atoms with Crippen molar-refractivity contribution < 1.29 is 63.7 Å². The first-order valence-electron chi connectivity index (χ1n) is 21.2. The number of ether oxygens (including phenoxy) is 3. The lowest BCUT2D eigenvalue weighted by molar-refractivity contribution is -0.151. The molecule has 0 radical (unpaired) electrons. The van der Waals surface area contributed by atoms with E-state index in [1.807, 2.05) is 0 Å². The highest BCUT2D eigenvalue weighted by Gasteiger charge is 2.56. The number of ketones is 3. The van der Waals surface area contributed by atoms with Gasteiger partial charge >= 0.3 is 0 Å². The Hall–Kier alpha value is -1.67. The van der Waals surface area contributed by atoms with E-state index in [4.69, 9.17) is 14.2 Å². The molecule has 6 fully saturated rings. The molecule has 6 saturated carbocycles. The third kappa shape index (κ3) is 9.21. The van der Waals surface area contributed by atoms with Crippen molar-refractivity contribution in [3.05, 3.63) is 0 Å². The number of alkyl halides is 8. The minimum absolute atomic E-state index is 0.114. The van der Waals surface area contributed by atoms with Gasteiger partial charge in [-0.15, -0.1) is 0 Å². The molecule has 6 aliphatic carbocycles. The van der Waals surface area contributed by atoms with Gasteiger partial charge in [-0.05, 0) is 96.3 Å². The fourth-order valence-electron chi connectivity index (χ4n) is 10.9. The van der Waals surface area contributed by atoms with Crippen LogP contribution in [0.5, 0.6) is 0 Å². The maximum atomic E-state index is 14.8. The van der Waals surface area contributed by atoms with Crippen molar-refractivity contribution in [2.24, 2.45) is 47.3 Å². The van der Waals surface area contributed by atoms with E-state index in [0.29, 0.717) is 44.9 Å². The normalized spacial score (nSPS) is 49.2. The summed E-state index contributed by atoms with van der Waals surface area (Å²) in [5.74, 6) is -10.2. The molecule has 0 amide bonds. The number of carbonyl (C=O) groups excluding carboxylic acids is 3. The SMILES string of the molecule is COC1CCC(C(=O)C2CC(OC3CCC(C(=O)C4C(F)C(F)C(C)C(F)C4F)CC3)CC(OC3CCC(C(=O)C4C(F)C(F)C(C)C(F)C4F)CC3)C2)CC1. The average Bonchev–Trinajstić information content (AvgIpc) is 3.21. The minimum Gasteiger partial charge on any atom is -0.381 e. The van der Waals surface area contributed by atoms with Crippen molar-refractivity contribution in [1.82, 2.24) is 0 Å². The second-order valence-electron chi connectivity index (χ2n) is 18.1. The van der Waals surface area contributed by atoms with Gasteiger partial charge in [-0.3, -0.25) is 14.4 Å². The van der Waals surface area contributed by atoms with Crippen LogP contribution in [-0.4, -0.2) is 104 Å². The molecule has 0 aliphatic heterocycles. The molecule has 56 heavy (non-hydrogen) atoms. The van der Waals surface area contributed by atoms with Crippen LogP contribution < -0.4 is 0 Å². The molecule has 0 heterocycles. The topological polar surface area (TPSA) is 78.9 Å². The van der Waals surface area contributed by atoms with Crippen LogP contribution in [-0.2, 0) is 28.6 Å². The predicted octanol–water partition coefficient (Wildman–Crippen LogP) is 8.82.